The van der Waals surface area contributed by atoms with Gasteiger partial charge in [0.1, 0.15) is 12.3 Å². The van der Waals surface area contributed by atoms with Gasteiger partial charge < -0.3 is 10.1 Å². The van der Waals surface area contributed by atoms with Crippen LogP contribution in [0.5, 0.6) is 0 Å². The third kappa shape index (κ3) is 6.83. The Morgan fingerprint density at radius 2 is 1.75 bits per heavy atom. The second-order valence-electron chi connectivity index (χ2n) is 5.70. The second-order valence-corrected chi connectivity index (χ2v) is 7.34. The van der Waals surface area contributed by atoms with E-state index in [0.29, 0.717) is 16.8 Å². The van der Waals surface area contributed by atoms with Crippen LogP contribution in [0, 0.1) is 11.8 Å². The number of carbonyl (C=O) groups excluding carboxylic acids is 2. The minimum Gasteiger partial charge on any atom is -0.464 e. The van der Waals surface area contributed by atoms with Crippen LogP contribution < -0.4 is 5.32 Å². The predicted octanol–water partition coefficient (Wildman–Crippen LogP) is 1.70. The van der Waals surface area contributed by atoms with Crippen LogP contribution in [-0.4, -0.2) is 38.6 Å². The molecule has 1 aromatic carbocycles. The number of methoxy groups -OCH3 is 1. The molecule has 8 nitrogen and oxygen atoms in total. The summed E-state index contributed by atoms with van der Waals surface area (Å²) < 4.78 is 31.7. The molecule has 2 rings (SSSR count). The monoisotopic (exact) mass is 402 g/mol. The van der Waals surface area contributed by atoms with Crippen molar-refractivity contribution in [3.63, 3.8) is 0 Å². The highest BCUT2D eigenvalue weighted by atomic mass is 32.2. The Hall–Kier alpha value is -3.22. The number of hydrogen-bond acceptors (Lipinski definition) is 7. The van der Waals surface area contributed by atoms with E-state index in [1.165, 1.54) is 26.2 Å². The fourth-order valence-corrected chi connectivity index (χ4v) is 2.43. The molecule has 0 fully saturated rings. The Balaban J connectivity index is 2.30. The molecule has 0 unspecified atom stereocenters. The molecule has 0 saturated carbocycles. The number of amides is 1. The molecule has 0 bridgehead atoms. The lowest BCUT2D eigenvalue weighted by atomic mass is 10.1. The van der Waals surface area contributed by atoms with E-state index in [1.54, 1.807) is 24.3 Å². The van der Waals surface area contributed by atoms with Crippen LogP contribution in [0.1, 0.15) is 34.2 Å². The van der Waals surface area contributed by atoms with Crippen molar-refractivity contribution >= 4 is 27.7 Å². The molecule has 0 spiro atoms. The van der Waals surface area contributed by atoms with Gasteiger partial charge in [0.15, 0.2) is 0 Å². The standard InChI is InChI=1S/C19H18N2O6S/c1-13(22)20-16-8-6-14(7-9-16)4-5-15-10-17(12-27-28(3,24)25)21-18(11-15)19(23)26-2/h6-11H,12H2,1-3H3,(H,20,22). The largest absolute Gasteiger partial charge is 0.464 e. The highest BCUT2D eigenvalue weighted by Gasteiger charge is 2.12. The summed E-state index contributed by atoms with van der Waals surface area (Å²) in [5.41, 5.74) is 1.98. The number of rotatable bonds is 5. The summed E-state index contributed by atoms with van der Waals surface area (Å²) in [6, 6.07) is 9.85. The van der Waals surface area contributed by atoms with Gasteiger partial charge in [-0.05, 0) is 36.4 Å². The average molecular weight is 402 g/mol. The third-order valence-corrected chi connectivity index (χ3v) is 3.80. The maximum atomic E-state index is 11.8. The van der Waals surface area contributed by atoms with Gasteiger partial charge in [0, 0.05) is 23.7 Å². The highest BCUT2D eigenvalue weighted by molar-refractivity contribution is 7.85. The summed E-state index contributed by atoms with van der Waals surface area (Å²) in [6.45, 7) is 1.09. The maximum absolute atomic E-state index is 11.8. The fourth-order valence-electron chi connectivity index (χ4n) is 2.09. The van der Waals surface area contributed by atoms with Gasteiger partial charge in [-0.2, -0.15) is 8.42 Å². The summed E-state index contributed by atoms with van der Waals surface area (Å²) in [5, 5.41) is 2.66. The van der Waals surface area contributed by atoms with E-state index in [1.807, 2.05) is 0 Å². The molecular formula is C19H18N2O6S. The first-order valence-corrected chi connectivity index (χ1v) is 9.81. The van der Waals surface area contributed by atoms with Gasteiger partial charge in [-0.15, -0.1) is 0 Å². The number of nitrogens with zero attached hydrogens (tertiary/aromatic N) is 1. The molecule has 0 aliphatic carbocycles. The summed E-state index contributed by atoms with van der Waals surface area (Å²) in [6.07, 6.45) is 0.919. The first-order chi connectivity index (χ1) is 13.2. The summed E-state index contributed by atoms with van der Waals surface area (Å²) >= 11 is 0. The van der Waals surface area contributed by atoms with Gasteiger partial charge in [-0.3, -0.25) is 8.98 Å². The van der Waals surface area contributed by atoms with Crippen molar-refractivity contribution in [1.29, 1.82) is 0 Å². The smallest absolute Gasteiger partial charge is 0.356 e. The lowest BCUT2D eigenvalue weighted by Gasteiger charge is -2.05. The van der Waals surface area contributed by atoms with Crippen LogP contribution in [0.4, 0.5) is 5.69 Å². The molecule has 1 N–H and O–H groups in total. The molecule has 0 saturated heterocycles. The number of anilines is 1. The van der Waals surface area contributed by atoms with Gasteiger partial charge in [-0.25, -0.2) is 9.78 Å². The predicted molar refractivity (Wildman–Crippen MR) is 102 cm³/mol. The first kappa shape index (κ1) is 21.1. The molecule has 0 radical (unpaired) electrons. The number of aromatic nitrogens is 1. The van der Waals surface area contributed by atoms with Gasteiger partial charge in [0.25, 0.3) is 10.1 Å². The molecule has 0 aliphatic rings. The topological polar surface area (TPSA) is 112 Å². The number of benzene rings is 1. The Kier molecular flexibility index (Phi) is 6.87. The zero-order valence-electron chi connectivity index (χ0n) is 15.5. The summed E-state index contributed by atoms with van der Waals surface area (Å²) in [7, 11) is -2.45. The SMILES string of the molecule is COC(=O)c1cc(C#Cc2ccc(NC(C)=O)cc2)cc(COS(C)(=O)=O)n1. The van der Waals surface area contributed by atoms with Gasteiger partial charge in [-0.1, -0.05) is 11.8 Å². The Labute approximate surface area is 163 Å². The van der Waals surface area contributed by atoms with Crippen molar-refractivity contribution in [2.24, 2.45) is 0 Å². The number of carbonyl (C=O) groups is 2. The van der Waals surface area contributed by atoms with E-state index < -0.39 is 16.1 Å². The van der Waals surface area contributed by atoms with E-state index in [2.05, 4.69) is 26.9 Å². The zero-order valence-corrected chi connectivity index (χ0v) is 16.3. The van der Waals surface area contributed by atoms with Crippen molar-refractivity contribution in [2.75, 3.05) is 18.7 Å². The van der Waals surface area contributed by atoms with Crippen molar-refractivity contribution in [3.8, 4) is 11.8 Å². The molecule has 1 amide bonds. The number of pyridine rings is 1. The van der Waals surface area contributed by atoms with E-state index in [-0.39, 0.29) is 23.9 Å². The number of hydrogen-bond donors (Lipinski definition) is 1. The van der Waals surface area contributed by atoms with Crippen molar-refractivity contribution in [3.05, 3.63) is 58.9 Å². The van der Waals surface area contributed by atoms with Crippen LogP contribution in [0.15, 0.2) is 36.4 Å². The molecular weight excluding hydrogens is 384 g/mol. The number of nitrogens with one attached hydrogen (secondary N) is 1. The first-order valence-electron chi connectivity index (χ1n) is 7.99. The summed E-state index contributed by atoms with van der Waals surface area (Å²) in [4.78, 5) is 26.9. The van der Waals surface area contributed by atoms with Crippen molar-refractivity contribution < 1.29 is 26.9 Å². The summed E-state index contributed by atoms with van der Waals surface area (Å²) in [5.74, 6) is 4.96. The fraction of sp³-hybridized carbons (Fsp3) is 0.211. The van der Waals surface area contributed by atoms with Gasteiger partial charge in [0.05, 0.1) is 19.1 Å². The number of ether oxygens (including phenoxy) is 1. The van der Waals surface area contributed by atoms with Crippen LogP contribution in [0.3, 0.4) is 0 Å². The average Bonchev–Trinajstić information content (AvgIpc) is 2.64. The van der Waals surface area contributed by atoms with Crippen molar-refractivity contribution in [2.45, 2.75) is 13.5 Å². The van der Waals surface area contributed by atoms with Crippen LogP contribution in [-0.2, 0) is 30.4 Å². The molecule has 1 heterocycles. The maximum Gasteiger partial charge on any atom is 0.356 e. The lowest BCUT2D eigenvalue weighted by molar-refractivity contribution is -0.114. The molecule has 1 aromatic heterocycles. The van der Waals surface area contributed by atoms with E-state index >= 15 is 0 Å². The molecule has 0 atom stereocenters. The second kappa shape index (κ2) is 9.12. The lowest BCUT2D eigenvalue weighted by Crippen LogP contribution is -2.09. The third-order valence-electron chi connectivity index (χ3n) is 3.25. The molecule has 28 heavy (non-hydrogen) atoms. The van der Waals surface area contributed by atoms with Gasteiger partial charge in [0.2, 0.25) is 5.91 Å². The van der Waals surface area contributed by atoms with E-state index in [0.717, 1.165) is 6.26 Å². The minimum absolute atomic E-state index is 0.0117. The quantitative estimate of drug-likeness (QED) is 0.460. The molecule has 2 aromatic rings. The molecule has 0 aliphatic heterocycles. The highest BCUT2D eigenvalue weighted by Crippen LogP contribution is 2.11. The Bertz CT molecular complexity index is 1050. The van der Waals surface area contributed by atoms with Crippen LogP contribution in [0.25, 0.3) is 0 Å². The Morgan fingerprint density at radius 1 is 1.11 bits per heavy atom. The van der Waals surface area contributed by atoms with Crippen LogP contribution >= 0.6 is 0 Å². The molecule has 146 valence electrons. The van der Waals surface area contributed by atoms with Crippen molar-refractivity contribution in [1.82, 2.24) is 4.98 Å². The zero-order chi connectivity index (χ0) is 20.7. The minimum atomic E-state index is -3.66. The van der Waals surface area contributed by atoms with E-state index in [9.17, 15) is 18.0 Å². The van der Waals surface area contributed by atoms with E-state index in [4.69, 9.17) is 4.18 Å². The number of esters is 1. The van der Waals surface area contributed by atoms with Crippen LogP contribution in [0.2, 0.25) is 0 Å². The van der Waals surface area contributed by atoms with Gasteiger partial charge >= 0.3 is 5.97 Å². The normalized spacial score (nSPS) is 10.5. The molecule has 9 heteroatoms. The Morgan fingerprint density at radius 3 is 2.32 bits per heavy atom.